The van der Waals surface area contributed by atoms with Crippen LogP contribution < -0.4 is 9.32 Å². The Morgan fingerprint density at radius 3 is 1.88 bits per heavy atom. The molecule has 8 heavy (non-hydrogen) atoms. The minimum absolute atomic E-state index is 2.84. The van der Waals surface area contributed by atoms with E-state index in [1.165, 1.54) is 0 Å². The van der Waals surface area contributed by atoms with Crippen LogP contribution in [-0.2, 0) is 8.64 Å². The maximum absolute atomic E-state index is 9.51. The average Bonchev–Trinajstić information content (AvgIpc) is 1.21. The van der Waals surface area contributed by atoms with E-state index in [-0.39, 0.29) is 0 Å². The van der Waals surface area contributed by atoms with Gasteiger partial charge in [-0.2, -0.15) is 0 Å². The van der Waals surface area contributed by atoms with E-state index in [9.17, 15) is 13.9 Å². The Hall–Kier alpha value is 0.320. The van der Waals surface area contributed by atoms with E-state index < -0.39 is 18.6 Å². The third-order valence-corrected chi connectivity index (χ3v) is 1.32. The third kappa shape index (κ3) is 6.32. The highest BCUT2D eigenvalue weighted by Crippen LogP contribution is 2.36. The van der Waals surface area contributed by atoms with Crippen LogP contribution in [0.25, 0.3) is 0 Å². The van der Waals surface area contributed by atoms with E-state index >= 15 is 0 Å². The number of phosphoric acid groups is 1. The number of rotatable bonds is 2. The first-order valence-corrected chi connectivity index (χ1v) is 3.68. The third-order valence-electron chi connectivity index (χ3n) is 0.146. The number of halogens is 1. The molecule has 0 fully saturated rings. The predicted molar refractivity (Wildman–Crippen MR) is 13.1 cm³/mol. The second kappa shape index (κ2) is 2.75. The Labute approximate surface area is 47.3 Å². The monoisotopic (exact) mass is 164 g/mol. The molecular weight excluding hydrogens is 162 g/mol. The minimum Gasteiger partial charge on any atom is -0.320 e. The van der Waals surface area contributed by atoms with Crippen LogP contribution in [0.15, 0.2) is 0 Å². The van der Waals surface area contributed by atoms with Crippen molar-refractivity contribution in [1.29, 1.82) is 0 Å². The van der Waals surface area contributed by atoms with Crippen molar-refractivity contribution in [3.63, 3.8) is 0 Å². The lowest BCUT2D eigenvalue weighted by molar-refractivity contribution is -1.62. The van der Waals surface area contributed by atoms with Crippen molar-refractivity contribution in [2.45, 2.75) is 0 Å². The molecule has 50 valence electrons. The standard InChI is InChI=1S/ClH2O6P/c2-1(3)7-8(4,5)6/h(H2,4,5,6). The molecule has 0 aliphatic rings. The first-order valence-electron chi connectivity index (χ1n) is 1.23. The summed E-state index contributed by atoms with van der Waals surface area (Å²) in [5.74, 6) is 0. The first kappa shape index (κ1) is 8.32. The maximum atomic E-state index is 9.51. The van der Waals surface area contributed by atoms with Crippen molar-refractivity contribution in [1.82, 2.24) is 0 Å². The zero-order chi connectivity index (χ0) is 6.78. The van der Waals surface area contributed by atoms with Gasteiger partial charge in [-0.25, -0.2) is 4.57 Å². The van der Waals surface area contributed by atoms with Crippen LogP contribution in [-0.4, -0.2) is 9.79 Å². The number of hydrogen-bond acceptors (Lipinski definition) is 4. The van der Waals surface area contributed by atoms with Crippen LogP contribution in [0.4, 0.5) is 0 Å². The highest BCUT2D eigenvalue weighted by Gasteiger charge is 2.29. The van der Waals surface area contributed by atoms with Gasteiger partial charge in [-0.3, -0.25) is 9.79 Å². The van der Waals surface area contributed by atoms with E-state index in [4.69, 9.17) is 9.79 Å². The van der Waals surface area contributed by atoms with Crippen LogP contribution in [0.5, 0.6) is 0 Å². The Kier molecular flexibility index (Phi) is 2.86. The molecule has 0 spiro atoms. The quantitative estimate of drug-likeness (QED) is 0.426. The summed E-state index contributed by atoms with van der Waals surface area (Å²) in [5, 5.41) is 0. The van der Waals surface area contributed by atoms with Crippen LogP contribution in [0.3, 0.4) is 0 Å². The Balaban J connectivity index is 3.56. The zero-order valence-corrected chi connectivity index (χ0v) is 5.00. The van der Waals surface area contributed by atoms with Gasteiger partial charge in [0.05, 0.1) is 0 Å². The lowest BCUT2D eigenvalue weighted by Crippen LogP contribution is -2.33. The van der Waals surface area contributed by atoms with Crippen LogP contribution in [0.1, 0.15) is 0 Å². The molecule has 0 bridgehead atoms. The van der Waals surface area contributed by atoms with Gasteiger partial charge in [0.1, 0.15) is 4.08 Å². The fourth-order valence-electron chi connectivity index (χ4n) is 0.0734. The van der Waals surface area contributed by atoms with Gasteiger partial charge in [-0.05, 0) is 0 Å². The highest BCUT2D eigenvalue weighted by atomic mass is 35.6. The van der Waals surface area contributed by atoms with Crippen molar-refractivity contribution in [3.8, 4) is 0 Å². The van der Waals surface area contributed by atoms with Gasteiger partial charge < -0.3 is 9.32 Å². The normalized spacial score (nSPS) is 12.6. The summed E-state index contributed by atoms with van der Waals surface area (Å²) in [7, 11) is -7.70. The molecule has 0 heterocycles. The molecule has 0 aromatic heterocycles. The lowest BCUT2D eigenvalue weighted by atomic mass is 15.7. The van der Waals surface area contributed by atoms with E-state index in [1.807, 2.05) is 0 Å². The molecule has 6 nitrogen and oxygen atoms in total. The van der Waals surface area contributed by atoms with Crippen LogP contribution in [0.2, 0.25) is 0 Å². The molecule has 0 unspecified atom stereocenters. The molecule has 0 radical (unpaired) electrons. The summed E-state index contributed by atoms with van der Waals surface area (Å²) in [6.45, 7) is 0. The fraction of sp³-hybridized carbons (Fsp3) is 0. The molecule has 0 aromatic rings. The molecule has 8 heteroatoms. The second-order valence-electron chi connectivity index (χ2n) is 0.749. The summed E-state index contributed by atoms with van der Waals surface area (Å²) in [6.07, 6.45) is 0. The average molecular weight is 164 g/mol. The molecule has 0 amide bonds. The topological polar surface area (TPSA) is 113 Å². The predicted octanol–water partition coefficient (Wildman–Crippen LogP) is -2.82. The van der Waals surface area contributed by atoms with Gasteiger partial charge >= 0.3 is 7.82 Å². The van der Waals surface area contributed by atoms with Gasteiger partial charge in [-0.1, -0.05) is 0 Å². The maximum Gasteiger partial charge on any atom is 0.574 e. The minimum atomic E-state index is -4.85. The van der Waals surface area contributed by atoms with Crippen molar-refractivity contribution in [2.75, 3.05) is 0 Å². The first-order chi connectivity index (χ1) is 3.42. The second-order valence-corrected chi connectivity index (χ2v) is 2.66. The molecule has 0 rings (SSSR count). The lowest BCUT2D eigenvalue weighted by Gasteiger charge is -1.92. The van der Waals surface area contributed by atoms with E-state index in [0.717, 1.165) is 0 Å². The van der Waals surface area contributed by atoms with Crippen molar-refractivity contribution in [2.24, 2.45) is 0 Å². The van der Waals surface area contributed by atoms with Crippen molar-refractivity contribution in [3.05, 3.63) is 0 Å². The van der Waals surface area contributed by atoms with E-state index in [0.29, 0.717) is 0 Å². The Morgan fingerprint density at radius 1 is 1.50 bits per heavy atom. The van der Waals surface area contributed by atoms with Gasteiger partial charge in [0.2, 0.25) is 0 Å². The largest absolute Gasteiger partial charge is 0.574 e. The van der Waals surface area contributed by atoms with Gasteiger partial charge in [0.25, 0.3) is 10.8 Å². The Bertz CT molecular complexity index is 101. The smallest absolute Gasteiger partial charge is 0.320 e. The SMILES string of the molecule is O=P(O)(O)O[Cl+2]([O-])[O-]. The summed E-state index contributed by atoms with van der Waals surface area (Å²) in [4.78, 5) is 15.3. The summed E-state index contributed by atoms with van der Waals surface area (Å²) in [5.41, 5.74) is 0. The highest BCUT2D eigenvalue weighted by molar-refractivity contribution is 7.46. The molecule has 0 aliphatic carbocycles. The molecule has 0 saturated carbocycles. The zero-order valence-electron chi connectivity index (χ0n) is 3.35. The van der Waals surface area contributed by atoms with Gasteiger partial charge in [-0.15, -0.1) is 0 Å². The van der Waals surface area contributed by atoms with Crippen LogP contribution in [0, 0.1) is 10.8 Å². The summed E-state index contributed by atoms with van der Waals surface area (Å²) in [6, 6.07) is 0. The summed E-state index contributed by atoms with van der Waals surface area (Å²) >= 11 is 0. The van der Waals surface area contributed by atoms with Gasteiger partial charge in [0, 0.05) is 0 Å². The Morgan fingerprint density at radius 2 is 1.88 bits per heavy atom. The van der Waals surface area contributed by atoms with Crippen molar-refractivity contribution < 1.29 is 38.5 Å². The number of hydrogen-bond donors (Lipinski definition) is 2. The molecule has 0 atom stereocenters. The molecule has 0 aliphatic heterocycles. The molecular formula is H2ClO6P. The molecule has 0 aromatic carbocycles. The van der Waals surface area contributed by atoms with Crippen molar-refractivity contribution >= 4 is 7.82 Å². The van der Waals surface area contributed by atoms with Gasteiger partial charge in [0.15, 0.2) is 0 Å². The molecule has 2 N–H and O–H groups in total. The van der Waals surface area contributed by atoms with E-state index in [2.05, 4.69) is 4.08 Å². The van der Waals surface area contributed by atoms with E-state index in [1.54, 1.807) is 0 Å². The molecule has 0 saturated heterocycles. The fourth-order valence-corrected chi connectivity index (χ4v) is 0.661. The summed E-state index contributed by atoms with van der Waals surface area (Å²) < 4.78 is 31.0. The van der Waals surface area contributed by atoms with Crippen LogP contribution >= 0.6 is 7.82 Å².